The molecule has 0 aliphatic rings. The third kappa shape index (κ3) is 3.98. The molecule has 0 bridgehead atoms. The molecule has 3 N–H and O–H groups in total. The number of nitrogens with two attached hydrogens (primary N) is 1. The van der Waals surface area contributed by atoms with E-state index in [4.69, 9.17) is 5.73 Å². The van der Waals surface area contributed by atoms with Gasteiger partial charge in [0.25, 0.3) is 0 Å². The summed E-state index contributed by atoms with van der Waals surface area (Å²) in [6, 6.07) is 0.0940. The first-order chi connectivity index (χ1) is 5.11. The summed E-state index contributed by atoms with van der Waals surface area (Å²) in [5.74, 6) is 0.203. The van der Waals surface area contributed by atoms with E-state index in [9.17, 15) is 4.79 Å². The van der Waals surface area contributed by atoms with Crippen LogP contribution >= 0.6 is 0 Å². The Morgan fingerprint density at radius 3 is 2.45 bits per heavy atom. The highest BCUT2D eigenvalue weighted by atomic mass is 16.1. The van der Waals surface area contributed by atoms with Crippen molar-refractivity contribution in [2.45, 2.75) is 33.2 Å². The van der Waals surface area contributed by atoms with Gasteiger partial charge in [-0.25, -0.2) is 0 Å². The summed E-state index contributed by atoms with van der Waals surface area (Å²) in [5, 5.41) is 2.82. The van der Waals surface area contributed by atoms with Crippen molar-refractivity contribution in [1.82, 2.24) is 5.32 Å². The van der Waals surface area contributed by atoms with Crippen molar-refractivity contribution in [1.29, 1.82) is 0 Å². The van der Waals surface area contributed by atoms with Crippen molar-refractivity contribution in [2.24, 2.45) is 11.7 Å². The molecular weight excluding hydrogens is 140 g/mol. The van der Waals surface area contributed by atoms with Crippen LogP contribution in [-0.4, -0.2) is 18.5 Å². The second-order valence-corrected chi connectivity index (χ2v) is 2.95. The summed E-state index contributed by atoms with van der Waals surface area (Å²) in [6.45, 7) is 6.32. The molecule has 0 fully saturated rings. The van der Waals surface area contributed by atoms with E-state index in [0.29, 0.717) is 6.54 Å². The smallest absolute Gasteiger partial charge is 0.223 e. The van der Waals surface area contributed by atoms with Gasteiger partial charge >= 0.3 is 0 Å². The molecule has 0 aromatic heterocycles. The number of amides is 1. The lowest BCUT2D eigenvalue weighted by atomic mass is 10.1. The maximum absolute atomic E-state index is 11.2. The van der Waals surface area contributed by atoms with Crippen LogP contribution in [0.1, 0.15) is 27.2 Å². The maximum Gasteiger partial charge on any atom is 0.223 e. The fourth-order valence-electron chi connectivity index (χ4n) is 0.629. The minimum atomic E-state index is 0.0940. The van der Waals surface area contributed by atoms with E-state index < -0.39 is 0 Å². The minimum absolute atomic E-state index is 0.0940. The maximum atomic E-state index is 11.2. The molecule has 0 spiro atoms. The lowest BCUT2D eigenvalue weighted by molar-refractivity contribution is -0.125. The van der Waals surface area contributed by atoms with E-state index >= 15 is 0 Å². The van der Waals surface area contributed by atoms with Crippen LogP contribution in [0.15, 0.2) is 0 Å². The number of hydrogen-bond acceptors (Lipinski definition) is 2. The Kier molecular flexibility index (Phi) is 4.86. The quantitative estimate of drug-likeness (QED) is 0.626. The van der Waals surface area contributed by atoms with Gasteiger partial charge < -0.3 is 11.1 Å². The molecule has 2 atom stereocenters. The van der Waals surface area contributed by atoms with Crippen LogP contribution in [-0.2, 0) is 4.79 Å². The Balaban J connectivity index is 3.68. The highest BCUT2D eigenvalue weighted by Gasteiger charge is 2.11. The van der Waals surface area contributed by atoms with Gasteiger partial charge in [-0.3, -0.25) is 4.79 Å². The zero-order valence-electron chi connectivity index (χ0n) is 7.55. The second kappa shape index (κ2) is 5.13. The van der Waals surface area contributed by atoms with Crippen LogP contribution in [0.25, 0.3) is 0 Å². The van der Waals surface area contributed by atoms with Crippen molar-refractivity contribution in [3.05, 3.63) is 0 Å². The SMILES string of the molecule is CCC(C)C(=O)NC(C)CN. The third-order valence-corrected chi connectivity index (χ3v) is 1.80. The van der Waals surface area contributed by atoms with Gasteiger partial charge in [-0.1, -0.05) is 13.8 Å². The van der Waals surface area contributed by atoms with Crippen LogP contribution in [0.4, 0.5) is 0 Å². The molecule has 0 saturated heterocycles. The lowest BCUT2D eigenvalue weighted by Gasteiger charge is -2.14. The number of nitrogens with one attached hydrogen (secondary N) is 1. The molecule has 0 radical (unpaired) electrons. The van der Waals surface area contributed by atoms with Crippen molar-refractivity contribution in [3.63, 3.8) is 0 Å². The van der Waals surface area contributed by atoms with Crippen molar-refractivity contribution >= 4 is 5.91 Å². The molecule has 0 heterocycles. The van der Waals surface area contributed by atoms with Gasteiger partial charge in [0.05, 0.1) is 0 Å². The summed E-state index contributed by atoms with van der Waals surface area (Å²) in [4.78, 5) is 11.2. The molecule has 3 heteroatoms. The molecule has 0 aromatic rings. The van der Waals surface area contributed by atoms with Crippen LogP contribution < -0.4 is 11.1 Å². The summed E-state index contributed by atoms with van der Waals surface area (Å²) >= 11 is 0. The van der Waals surface area contributed by atoms with Crippen LogP contribution in [0, 0.1) is 5.92 Å². The lowest BCUT2D eigenvalue weighted by Crippen LogP contribution is -2.40. The van der Waals surface area contributed by atoms with Gasteiger partial charge in [-0.05, 0) is 13.3 Å². The molecule has 0 rings (SSSR count). The molecule has 0 saturated carbocycles. The Hall–Kier alpha value is -0.570. The van der Waals surface area contributed by atoms with E-state index in [-0.39, 0.29) is 17.9 Å². The highest BCUT2D eigenvalue weighted by Crippen LogP contribution is 1.99. The van der Waals surface area contributed by atoms with Crippen LogP contribution in [0.3, 0.4) is 0 Å². The van der Waals surface area contributed by atoms with E-state index in [0.717, 1.165) is 6.42 Å². The number of carbonyl (C=O) groups is 1. The van der Waals surface area contributed by atoms with E-state index in [1.165, 1.54) is 0 Å². The average Bonchev–Trinajstić information content (AvgIpc) is 2.02. The zero-order valence-corrected chi connectivity index (χ0v) is 7.55. The first-order valence-corrected chi connectivity index (χ1v) is 4.12. The molecule has 0 aromatic carbocycles. The number of hydrogen-bond donors (Lipinski definition) is 2. The molecule has 0 aliphatic carbocycles. The third-order valence-electron chi connectivity index (χ3n) is 1.80. The van der Waals surface area contributed by atoms with E-state index in [1.807, 2.05) is 20.8 Å². The fraction of sp³-hybridized carbons (Fsp3) is 0.875. The molecule has 2 unspecified atom stereocenters. The zero-order chi connectivity index (χ0) is 8.85. The Bertz CT molecular complexity index is 125. The first-order valence-electron chi connectivity index (χ1n) is 4.12. The molecule has 1 amide bonds. The molecule has 66 valence electrons. The normalized spacial score (nSPS) is 15.6. The molecular formula is C8H18N2O. The van der Waals surface area contributed by atoms with Crippen LogP contribution in [0.5, 0.6) is 0 Å². The summed E-state index contributed by atoms with van der Waals surface area (Å²) in [7, 11) is 0. The Morgan fingerprint density at radius 2 is 2.09 bits per heavy atom. The standard InChI is InChI=1S/C8H18N2O/c1-4-6(2)8(11)10-7(3)5-9/h6-7H,4-5,9H2,1-3H3,(H,10,11). The van der Waals surface area contributed by atoms with Crippen molar-refractivity contribution in [2.75, 3.05) is 6.54 Å². The highest BCUT2D eigenvalue weighted by molar-refractivity contribution is 5.78. The fourth-order valence-corrected chi connectivity index (χ4v) is 0.629. The molecule has 11 heavy (non-hydrogen) atoms. The topological polar surface area (TPSA) is 55.1 Å². The Labute approximate surface area is 68.3 Å². The van der Waals surface area contributed by atoms with Crippen LogP contribution in [0.2, 0.25) is 0 Å². The monoisotopic (exact) mass is 158 g/mol. The summed E-state index contributed by atoms with van der Waals surface area (Å²) < 4.78 is 0. The summed E-state index contributed by atoms with van der Waals surface area (Å²) in [6.07, 6.45) is 0.878. The Morgan fingerprint density at radius 1 is 1.55 bits per heavy atom. The molecule has 0 aliphatic heterocycles. The van der Waals surface area contributed by atoms with Crippen molar-refractivity contribution < 1.29 is 4.79 Å². The van der Waals surface area contributed by atoms with Gasteiger partial charge in [-0.2, -0.15) is 0 Å². The van der Waals surface area contributed by atoms with Crippen molar-refractivity contribution in [3.8, 4) is 0 Å². The number of carbonyl (C=O) groups excluding carboxylic acids is 1. The van der Waals surface area contributed by atoms with Gasteiger partial charge in [0.15, 0.2) is 0 Å². The van der Waals surface area contributed by atoms with E-state index in [1.54, 1.807) is 0 Å². The first kappa shape index (κ1) is 10.4. The molecule has 3 nitrogen and oxygen atoms in total. The predicted molar refractivity (Wildman–Crippen MR) is 46.1 cm³/mol. The average molecular weight is 158 g/mol. The minimum Gasteiger partial charge on any atom is -0.352 e. The van der Waals surface area contributed by atoms with Gasteiger partial charge in [-0.15, -0.1) is 0 Å². The van der Waals surface area contributed by atoms with Gasteiger partial charge in [0, 0.05) is 18.5 Å². The van der Waals surface area contributed by atoms with Gasteiger partial charge in [0.2, 0.25) is 5.91 Å². The summed E-state index contributed by atoms with van der Waals surface area (Å²) in [5.41, 5.74) is 5.35. The predicted octanol–water partition coefficient (Wildman–Crippen LogP) is 0.496. The van der Waals surface area contributed by atoms with Gasteiger partial charge in [0.1, 0.15) is 0 Å². The second-order valence-electron chi connectivity index (χ2n) is 2.95. The largest absolute Gasteiger partial charge is 0.352 e. The van der Waals surface area contributed by atoms with E-state index in [2.05, 4.69) is 5.32 Å². The number of rotatable bonds is 4.